The number of carbonyl (C=O) groups excluding carboxylic acids is 2. The summed E-state index contributed by atoms with van der Waals surface area (Å²) in [5.41, 5.74) is 0. The number of thiocarbonyl (C=S) groups is 1. The van der Waals surface area contributed by atoms with E-state index < -0.39 is 0 Å². The molecule has 0 unspecified atom stereocenters. The van der Waals surface area contributed by atoms with Crippen molar-refractivity contribution in [2.24, 2.45) is 0 Å². The Labute approximate surface area is 139 Å². The fourth-order valence-corrected chi connectivity index (χ4v) is 2.97. The molecule has 0 saturated carbocycles. The Balaban J connectivity index is 1.59. The molecule has 2 N–H and O–H groups in total. The number of hydrogen-bond donors (Lipinski definition) is 2. The van der Waals surface area contributed by atoms with Gasteiger partial charge in [0, 0.05) is 37.0 Å². The van der Waals surface area contributed by atoms with Crippen molar-refractivity contribution >= 4 is 46.6 Å². The maximum atomic E-state index is 11.7. The molecule has 2 rings (SSSR count). The van der Waals surface area contributed by atoms with Crippen LogP contribution in [0.4, 0.5) is 0 Å². The number of rotatable bonds is 6. The Morgan fingerprint density at radius 2 is 2.36 bits per heavy atom. The second-order valence-electron chi connectivity index (χ2n) is 4.93. The molecule has 2 heterocycles. The van der Waals surface area contributed by atoms with E-state index in [9.17, 15) is 9.59 Å². The number of likely N-dealkylation sites (tertiary alicyclic amines) is 1. The third kappa shape index (κ3) is 5.57. The van der Waals surface area contributed by atoms with Crippen LogP contribution < -0.4 is 10.6 Å². The molecule has 1 aliphatic heterocycles. The van der Waals surface area contributed by atoms with Crippen molar-refractivity contribution in [2.45, 2.75) is 19.3 Å². The van der Waals surface area contributed by atoms with E-state index in [2.05, 4.69) is 10.6 Å². The summed E-state index contributed by atoms with van der Waals surface area (Å²) in [5.74, 6) is -0.0183. The Kier molecular flexibility index (Phi) is 6.54. The molecule has 1 aliphatic rings. The normalized spacial score (nSPS) is 14.5. The van der Waals surface area contributed by atoms with Crippen molar-refractivity contribution in [3.8, 4) is 0 Å². The molecular formula is C15H19N3O2S2. The Morgan fingerprint density at radius 3 is 3.05 bits per heavy atom. The van der Waals surface area contributed by atoms with E-state index >= 15 is 0 Å². The molecule has 2 amide bonds. The highest BCUT2D eigenvalue weighted by Crippen LogP contribution is 2.10. The Bertz CT molecular complexity index is 555. The predicted molar refractivity (Wildman–Crippen MR) is 92.5 cm³/mol. The topological polar surface area (TPSA) is 61.4 Å². The summed E-state index contributed by atoms with van der Waals surface area (Å²) in [6.45, 7) is 2.23. The summed E-state index contributed by atoms with van der Waals surface area (Å²) in [7, 11) is 0. The molecule has 1 saturated heterocycles. The van der Waals surface area contributed by atoms with Gasteiger partial charge in [0.05, 0.1) is 0 Å². The zero-order chi connectivity index (χ0) is 15.8. The molecule has 118 valence electrons. The number of carbonyl (C=O) groups is 2. The molecule has 7 heteroatoms. The monoisotopic (exact) mass is 337 g/mol. The molecular weight excluding hydrogens is 318 g/mol. The third-order valence-electron chi connectivity index (χ3n) is 3.24. The zero-order valence-corrected chi connectivity index (χ0v) is 13.8. The quantitative estimate of drug-likeness (QED) is 0.472. The van der Waals surface area contributed by atoms with Gasteiger partial charge in [-0.25, -0.2) is 0 Å². The maximum absolute atomic E-state index is 11.7. The molecule has 5 nitrogen and oxygen atoms in total. The highest BCUT2D eigenvalue weighted by molar-refractivity contribution is 7.80. The van der Waals surface area contributed by atoms with Crippen molar-refractivity contribution in [3.63, 3.8) is 0 Å². The van der Waals surface area contributed by atoms with E-state index in [0.717, 1.165) is 30.8 Å². The minimum Gasteiger partial charge on any atom is -0.362 e. The van der Waals surface area contributed by atoms with Gasteiger partial charge >= 0.3 is 0 Å². The first-order valence-corrected chi connectivity index (χ1v) is 8.52. The minimum absolute atomic E-state index is 0.231. The largest absolute Gasteiger partial charge is 0.362 e. The predicted octanol–water partition coefficient (Wildman–Crippen LogP) is 1.76. The van der Waals surface area contributed by atoms with Crippen molar-refractivity contribution in [1.82, 2.24) is 15.5 Å². The molecule has 0 spiro atoms. The van der Waals surface area contributed by atoms with Crippen LogP contribution in [0.25, 0.3) is 6.08 Å². The lowest BCUT2D eigenvalue weighted by Gasteiger charge is -2.15. The van der Waals surface area contributed by atoms with Gasteiger partial charge in [-0.1, -0.05) is 6.07 Å². The summed E-state index contributed by atoms with van der Waals surface area (Å²) < 4.78 is 0. The van der Waals surface area contributed by atoms with Crippen LogP contribution in [-0.4, -0.2) is 41.5 Å². The highest BCUT2D eigenvalue weighted by atomic mass is 32.1. The average molecular weight is 337 g/mol. The lowest BCUT2D eigenvalue weighted by Crippen LogP contribution is -2.39. The zero-order valence-electron chi connectivity index (χ0n) is 12.2. The first kappa shape index (κ1) is 16.6. The molecule has 22 heavy (non-hydrogen) atoms. The lowest BCUT2D eigenvalue weighted by atomic mass is 10.4. The van der Waals surface area contributed by atoms with Crippen LogP contribution in [0.3, 0.4) is 0 Å². The van der Waals surface area contributed by atoms with E-state index in [1.165, 1.54) is 6.08 Å². The molecule has 1 aromatic rings. The molecule has 0 bridgehead atoms. The van der Waals surface area contributed by atoms with Crippen molar-refractivity contribution in [1.29, 1.82) is 0 Å². The SMILES string of the molecule is O=C(C=Cc1cccs1)NC(=S)NCCCN1CCCC1=O. The second kappa shape index (κ2) is 8.65. The van der Waals surface area contributed by atoms with E-state index in [0.29, 0.717) is 18.1 Å². The fourth-order valence-electron chi connectivity index (χ4n) is 2.15. The number of amides is 2. The van der Waals surface area contributed by atoms with Gasteiger partial charge in [-0.2, -0.15) is 0 Å². The van der Waals surface area contributed by atoms with Crippen molar-refractivity contribution < 1.29 is 9.59 Å². The summed E-state index contributed by atoms with van der Waals surface area (Å²) in [6.07, 6.45) is 5.65. The van der Waals surface area contributed by atoms with Gasteiger partial charge in [-0.05, 0) is 42.6 Å². The summed E-state index contributed by atoms with van der Waals surface area (Å²) in [4.78, 5) is 26.0. The molecule has 0 aliphatic carbocycles. The summed E-state index contributed by atoms with van der Waals surface area (Å²) >= 11 is 6.63. The molecule has 1 fully saturated rings. The van der Waals surface area contributed by atoms with Crippen LogP contribution in [0.2, 0.25) is 0 Å². The number of nitrogens with zero attached hydrogens (tertiary/aromatic N) is 1. The number of nitrogens with one attached hydrogen (secondary N) is 2. The van der Waals surface area contributed by atoms with Gasteiger partial charge in [0.25, 0.3) is 0 Å². The molecule has 1 aromatic heterocycles. The van der Waals surface area contributed by atoms with Gasteiger partial charge in [0.1, 0.15) is 0 Å². The summed E-state index contributed by atoms with van der Waals surface area (Å²) in [5, 5.41) is 7.84. The molecule has 0 aromatic carbocycles. The van der Waals surface area contributed by atoms with Gasteiger partial charge in [0.2, 0.25) is 11.8 Å². The van der Waals surface area contributed by atoms with Crippen LogP contribution in [0.5, 0.6) is 0 Å². The van der Waals surface area contributed by atoms with Gasteiger partial charge in [-0.3, -0.25) is 14.9 Å². The van der Waals surface area contributed by atoms with Crippen LogP contribution in [0, 0.1) is 0 Å². The molecule has 0 atom stereocenters. The van der Waals surface area contributed by atoms with Crippen molar-refractivity contribution in [3.05, 3.63) is 28.5 Å². The minimum atomic E-state index is -0.249. The summed E-state index contributed by atoms with van der Waals surface area (Å²) in [6, 6.07) is 3.87. The van der Waals surface area contributed by atoms with Gasteiger partial charge in [-0.15, -0.1) is 11.3 Å². The fraction of sp³-hybridized carbons (Fsp3) is 0.400. The Hall–Kier alpha value is -1.73. The van der Waals surface area contributed by atoms with Crippen molar-refractivity contribution in [2.75, 3.05) is 19.6 Å². The van der Waals surface area contributed by atoms with Crippen LogP contribution in [0.15, 0.2) is 23.6 Å². The van der Waals surface area contributed by atoms with Gasteiger partial charge in [0.15, 0.2) is 5.11 Å². The first-order valence-electron chi connectivity index (χ1n) is 7.23. The highest BCUT2D eigenvalue weighted by Gasteiger charge is 2.18. The standard InChI is InChI=1S/C15H19N3O2S2/c19-13(7-6-12-4-2-11-22-12)17-15(21)16-8-3-10-18-9-1-5-14(18)20/h2,4,6-7,11H,1,3,5,8-10H2,(H2,16,17,19,21). The van der Waals surface area contributed by atoms with Crippen LogP contribution in [0.1, 0.15) is 24.1 Å². The maximum Gasteiger partial charge on any atom is 0.250 e. The van der Waals surface area contributed by atoms with E-state index in [1.54, 1.807) is 17.4 Å². The van der Waals surface area contributed by atoms with E-state index in [4.69, 9.17) is 12.2 Å². The van der Waals surface area contributed by atoms with E-state index in [-0.39, 0.29) is 11.8 Å². The lowest BCUT2D eigenvalue weighted by molar-refractivity contribution is -0.127. The average Bonchev–Trinajstić information content (AvgIpc) is 3.13. The number of thiophene rings is 1. The third-order valence-corrected chi connectivity index (χ3v) is 4.32. The van der Waals surface area contributed by atoms with Crippen LogP contribution >= 0.6 is 23.6 Å². The smallest absolute Gasteiger partial charge is 0.250 e. The number of hydrogen-bond acceptors (Lipinski definition) is 4. The first-order chi connectivity index (χ1) is 10.6. The van der Waals surface area contributed by atoms with E-state index in [1.807, 2.05) is 22.4 Å². The molecule has 0 radical (unpaired) electrons. The van der Waals surface area contributed by atoms with Gasteiger partial charge < -0.3 is 10.2 Å². The second-order valence-corrected chi connectivity index (χ2v) is 6.32. The Morgan fingerprint density at radius 1 is 1.50 bits per heavy atom. The van der Waals surface area contributed by atoms with Crippen LogP contribution in [-0.2, 0) is 9.59 Å².